The summed E-state index contributed by atoms with van der Waals surface area (Å²) >= 11 is 0. The SMILES string of the molecule is O=c1[nH]c(NCC2CCOc3ccccc32)nc2ccccc12. The van der Waals surface area contributed by atoms with E-state index in [0.29, 0.717) is 35.9 Å². The van der Waals surface area contributed by atoms with Crippen molar-refractivity contribution in [2.24, 2.45) is 0 Å². The van der Waals surface area contributed by atoms with Gasteiger partial charge in [-0.25, -0.2) is 4.98 Å². The summed E-state index contributed by atoms with van der Waals surface area (Å²) in [6.07, 6.45) is 0.946. The van der Waals surface area contributed by atoms with E-state index < -0.39 is 0 Å². The lowest BCUT2D eigenvalue weighted by molar-refractivity contribution is 0.270. The molecule has 0 bridgehead atoms. The van der Waals surface area contributed by atoms with Gasteiger partial charge in [0.15, 0.2) is 0 Å². The van der Waals surface area contributed by atoms with Crippen LogP contribution in [0.4, 0.5) is 5.95 Å². The van der Waals surface area contributed by atoms with E-state index in [2.05, 4.69) is 21.4 Å². The number of ether oxygens (including phenoxy) is 1. The van der Waals surface area contributed by atoms with Crippen LogP contribution < -0.4 is 15.6 Å². The standard InChI is InChI=1S/C18H17N3O2/c22-17-14-6-1-3-7-15(14)20-18(21-17)19-11-12-9-10-23-16-8-4-2-5-13(12)16/h1-8,12H,9-11H2,(H2,19,20,21,22). The third-order valence-corrected chi connectivity index (χ3v) is 4.21. The molecular weight excluding hydrogens is 290 g/mol. The van der Waals surface area contributed by atoms with Crippen LogP contribution in [0.25, 0.3) is 10.9 Å². The minimum Gasteiger partial charge on any atom is -0.493 e. The highest BCUT2D eigenvalue weighted by atomic mass is 16.5. The van der Waals surface area contributed by atoms with Crippen LogP contribution in [-0.2, 0) is 0 Å². The average molecular weight is 307 g/mol. The van der Waals surface area contributed by atoms with Gasteiger partial charge in [-0.15, -0.1) is 0 Å². The summed E-state index contributed by atoms with van der Waals surface area (Å²) in [4.78, 5) is 19.4. The Morgan fingerprint density at radius 2 is 2.00 bits per heavy atom. The molecule has 0 saturated heterocycles. The van der Waals surface area contributed by atoms with Gasteiger partial charge in [0.05, 0.1) is 17.5 Å². The Morgan fingerprint density at radius 3 is 2.96 bits per heavy atom. The molecule has 0 spiro atoms. The predicted octanol–water partition coefficient (Wildman–Crippen LogP) is 2.90. The Morgan fingerprint density at radius 1 is 1.17 bits per heavy atom. The Balaban J connectivity index is 1.57. The Bertz CT molecular complexity index is 904. The summed E-state index contributed by atoms with van der Waals surface area (Å²) in [5.74, 6) is 1.81. The molecule has 4 rings (SSSR count). The molecule has 5 heteroatoms. The first-order valence-corrected chi connectivity index (χ1v) is 7.76. The Hall–Kier alpha value is -2.82. The van der Waals surface area contributed by atoms with E-state index in [1.807, 2.05) is 36.4 Å². The molecule has 2 N–H and O–H groups in total. The summed E-state index contributed by atoms with van der Waals surface area (Å²) in [5, 5.41) is 3.87. The van der Waals surface area contributed by atoms with Gasteiger partial charge in [0.2, 0.25) is 5.95 Å². The summed E-state index contributed by atoms with van der Waals surface area (Å²) in [6.45, 7) is 1.42. The van der Waals surface area contributed by atoms with Crippen LogP contribution in [-0.4, -0.2) is 23.1 Å². The smallest absolute Gasteiger partial charge is 0.260 e. The fourth-order valence-corrected chi connectivity index (χ4v) is 3.02. The highest BCUT2D eigenvalue weighted by molar-refractivity contribution is 5.78. The largest absolute Gasteiger partial charge is 0.493 e. The van der Waals surface area contributed by atoms with Gasteiger partial charge in [0, 0.05) is 12.5 Å². The molecule has 23 heavy (non-hydrogen) atoms. The maximum atomic E-state index is 12.1. The number of nitrogens with zero attached hydrogens (tertiary/aromatic N) is 1. The first-order valence-electron chi connectivity index (χ1n) is 7.76. The molecule has 2 aromatic carbocycles. The van der Waals surface area contributed by atoms with Crippen molar-refractivity contribution < 1.29 is 4.74 Å². The highest BCUT2D eigenvalue weighted by Crippen LogP contribution is 2.33. The minimum absolute atomic E-state index is 0.120. The van der Waals surface area contributed by atoms with E-state index in [1.54, 1.807) is 6.07 Å². The van der Waals surface area contributed by atoms with Crippen molar-refractivity contribution in [1.29, 1.82) is 0 Å². The van der Waals surface area contributed by atoms with Crippen molar-refractivity contribution in [3.05, 3.63) is 64.4 Å². The first-order chi connectivity index (χ1) is 11.3. The lowest BCUT2D eigenvalue weighted by Gasteiger charge is -2.26. The van der Waals surface area contributed by atoms with Crippen LogP contribution in [0.1, 0.15) is 17.9 Å². The zero-order valence-corrected chi connectivity index (χ0v) is 12.6. The van der Waals surface area contributed by atoms with Crippen LogP contribution in [0.2, 0.25) is 0 Å². The first kappa shape index (κ1) is 13.8. The van der Waals surface area contributed by atoms with Gasteiger partial charge in [0.25, 0.3) is 5.56 Å². The quantitative estimate of drug-likeness (QED) is 0.781. The molecule has 1 aliphatic heterocycles. The number of para-hydroxylation sites is 2. The van der Waals surface area contributed by atoms with E-state index in [-0.39, 0.29) is 5.56 Å². The molecule has 0 aliphatic carbocycles. The topological polar surface area (TPSA) is 67.0 Å². The van der Waals surface area contributed by atoms with Crippen LogP contribution in [0.15, 0.2) is 53.3 Å². The number of fused-ring (bicyclic) bond motifs is 2. The van der Waals surface area contributed by atoms with Crippen molar-refractivity contribution in [3.8, 4) is 5.75 Å². The molecule has 1 aliphatic rings. The second-order valence-corrected chi connectivity index (χ2v) is 5.68. The second kappa shape index (κ2) is 5.76. The van der Waals surface area contributed by atoms with Gasteiger partial charge in [-0.05, 0) is 30.2 Å². The van der Waals surface area contributed by atoms with Crippen LogP contribution in [0, 0.1) is 0 Å². The van der Waals surface area contributed by atoms with Crippen LogP contribution >= 0.6 is 0 Å². The second-order valence-electron chi connectivity index (χ2n) is 5.68. The van der Waals surface area contributed by atoms with Crippen molar-refractivity contribution in [2.75, 3.05) is 18.5 Å². The van der Waals surface area contributed by atoms with Gasteiger partial charge < -0.3 is 10.1 Å². The third-order valence-electron chi connectivity index (χ3n) is 4.21. The minimum atomic E-state index is -0.120. The normalized spacial score (nSPS) is 16.6. The van der Waals surface area contributed by atoms with Crippen LogP contribution in [0.3, 0.4) is 0 Å². The molecule has 0 amide bonds. The van der Waals surface area contributed by atoms with Gasteiger partial charge in [-0.3, -0.25) is 9.78 Å². The van der Waals surface area contributed by atoms with Crippen LogP contribution in [0.5, 0.6) is 5.75 Å². The number of H-pyrrole nitrogens is 1. The average Bonchev–Trinajstić information content (AvgIpc) is 2.60. The highest BCUT2D eigenvalue weighted by Gasteiger charge is 2.20. The third kappa shape index (κ3) is 2.65. The molecule has 1 atom stereocenters. The fourth-order valence-electron chi connectivity index (χ4n) is 3.02. The summed E-state index contributed by atoms with van der Waals surface area (Å²) in [6, 6.07) is 15.4. The molecule has 116 valence electrons. The fraction of sp³-hybridized carbons (Fsp3) is 0.222. The number of anilines is 1. The van der Waals surface area contributed by atoms with Crippen molar-refractivity contribution in [2.45, 2.75) is 12.3 Å². The monoisotopic (exact) mass is 307 g/mol. The summed E-state index contributed by atoms with van der Waals surface area (Å²) in [5.41, 5.74) is 1.78. The molecule has 0 saturated carbocycles. The maximum Gasteiger partial charge on any atom is 0.260 e. The van der Waals surface area contributed by atoms with Crippen molar-refractivity contribution in [1.82, 2.24) is 9.97 Å². The molecule has 3 aromatic rings. The van der Waals surface area contributed by atoms with E-state index >= 15 is 0 Å². The number of rotatable bonds is 3. The molecule has 1 unspecified atom stereocenters. The molecule has 1 aromatic heterocycles. The Labute approximate surface area is 133 Å². The lowest BCUT2D eigenvalue weighted by Crippen LogP contribution is -2.22. The molecule has 2 heterocycles. The van der Waals surface area contributed by atoms with Gasteiger partial charge >= 0.3 is 0 Å². The zero-order chi connectivity index (χ0) is 15.6. The van der Waals surface area contributed by atoms with E-state index in [1.165, 1.54) is 5.56 Å². The van der Waals surface area contributed by atoms with Gasteiger partial charge in [-0.2, -0.15) is 0 Å². The van der Waals surface area contributed by atoms with E-state index in [0.717, 1.165) is 12.2 Å². The molecule has 5 nitrogen and oxygen atoms in total. The van der Waals surface area contributed by atoms with Gasteiger partial charge in [-0.1, -0.05) is 30.3 Å². The number of benzene rings is 2. The van der Waals surface area contributed by atoms with E-state index in [9.17, 15) is 4.79 Å². The van der Waals surface area contributed by atoms with Crippen molar-refractivity contribution in [3.63, 3.8) is 0 Å². The Kier molecular flexibility index (Phi) is 3.46. The predicted molar refractivity (Wildman–Crippen MR) is 90.1 cm³/mol. The van der Waals surface area contributed by atoms with Crippen molar-refractivity contribution >= 4 is 16.9 Å². The zero-order valence-electron chi connectivity index (χ0n) is 12.6. The van der Waals surface area contributed by atoms with Gasteiger partial charge in [0.1, 0.15) is 5.75 Å². The maximum absolute atomic E-state index is 12.1. The summed E-state index contributed by atoms with van der Waals surface area (Å²) < 4.78 is 5.68. The number of hydrogen-bond acceptors (Lipinski definition) is 4. The van der Waals surface area contributed by atoms with E-state index in [4.69, 9.17) is 4.74 Å². The molecule has 0 radical (unpaired) electrons. The number of aromatic nitrogens is 2. The molecular formula is C18H17N3O2. The number of aromatic amines is 1. The molecule has 0 fully saturated rings. The number of hydrogen-bond donors (Lipinski definition) is 2. The lowest BCUT2D eigenvalue weighted by atomic mass is 9.93. The number of nitrogens with one attached hydrogen (secondary N) is 2. The summed E-state index contributed by atoms with van der Waals surface area (Å²) in [7, 11) is 0.